The van der Waals surface area contributed by atoms with Gasteiger partial charge >= 0.3 is 12.1 Å². The van der Waals surface area contributed by atoms with Gasteiger partial charge in [-0.05, 0) is 51.8 Å². The number of aromatic nitrogens is 2. The van der Waals surface area contributed by atoms with Crippen LogP contribution in [0.3, 0.4) is 0 Å². The number of nitrogens with one attached hydrogen (secondary N) is 1. The lowest BCUT2D eigenvalue weighted by atomic mass is 9.75. The van der Waals surface area contributed by atoms with Crippen molar-refractivity contribution < 1.29 is 28.9 Å². The molecule has 2 aromatic carbocycles. The van der Waals surface area contributed by atoms with Crippen molar-refractivity contribution in [3.8, 4) is 11.1 Å². The topological polar surface area (TPSA) is 135 Å². The highest BCUT2D eigenvalue weighted by molar-refractivity contribution is 6.02. The van der Waals surface area contributed by atoms with Crippen molar-refractivity contribution in [3.05, 3.63) is 65.4 Å². The fourth-order valence-corrected chi connectivity index (χ4v) is 4.70. The summed E-state index contributed by atoms with van der Waals surface area (Å²) >= 11 is 0. The largest absolute Gasteiger partial charge is 0.479 e. The van der Waals surface area contributed by atoms with Gasteiger partial charge in [-0.15, -0.1) is 0 Å². The molecule has 10 nitrogen and oxygen atoms in total. The summed E-state index contributed by atoms with van der Waals surface area (Å²) in [5, 5.41) is 19.1. The zero-order valence-electron chi connectivity index (χ0n) is 18.4. The van der Waals surface area contributed by atoms with E-state index in [1.54, 1.807) is 0 Å². The van der Waals surface area contributed by atoms with Crippen LogP contribution in [0.2, 0.25) is 0 Å². The third-order valence-electron chi connectivity index (χ3n) is 6.78. The van der Waals surface area contributed by atoms with Gasteiger partial charge in [0.2, 0.25) is 11.5 Å². The third-order valence-corrected chi connectivity index (χ3v) is 6.78. The Hall–Kier alpha value is -4.21. The fraction of sp³-hybridized carbons (Fsp3) is 0.292. The van der Waals surface area contributed by atoms with Crippen molar-refractivity contribution in [2.75, 3.05) is 19.0 Å². The van der Waals surface area contributed by atoms with Gasteiger partial charge in [-0.3, -0.25) is 10.1 Å². The molecule has 5 rings (SSSR count). The van der Waals surface area contributed by atoms with Crippen LogP contribution in [0.1, 0.15) is 46.8 Å². The molecule has 0 atom stereocenters. The standard InChI is InChI=1S/C24H22N4O6/c1-28(24(22(30)31)11-6-12-24)21(29)19-20(27-34-26-19)25-23(32)33-13-18-16-9-4-2-7-14(16)15-8-3-5-10-17(15)18/h2-5,7-10,18H,6,11-13H2,1H3,(H,30,31)(H,25,27,32). The summed E-state index contributed by atoms with van der Waals surface area (Å²) in [5.74, 6) is -2.15. The number of carbonyl (C=O) groups is 3. The number of rotatable bonds is 6. The smallest absolute Gasteiger partial charge is 0.412 e. The number of hydrogen-bond donors (Lipinski definition) is 2. The number of nitrogens with zero attached hydrogens (tertiary/aromatic N) is 3. The summed E-state index contributed by atoms with van der Waals surface area (Å²) in [4.78, 5) is 38.3. The van der Waals surface area contributed by atoms with Crippen LogP contribution >= 0.6 is 0 Å². The summed E-state index contributed by atoms with van der Waals surface area (Å²) in [7, 11) is 1.39. The van der Waals surface area contributed by atoms with Crippen molar-refractivity contribution in [1.29, 1.82) is 0 Å². The number of likely N-dealkylation sites (N-methyl/N-ethyl adjacent to an activating group) is 1. The van der Waals surface area contributed by atoms with Crippen LogP contribution < -0.4 is 5.32 Å². The van der Waals surface area contributed by atoms with E-state index in [0.29, 0.717) is 19.3 Å². The van der Waals surface area contributed by atoms with Gasteiger partial charge in [0, 0.05) is 13.0 Å². The molecular weight excluding hydrogens is 440 g/mol. The van der Waals surface area contributed by atoms with E-state index in [9.17, 15) is 19.5 Å². The minimum atomic E-state index is -1.29. The summed E-state index contributed by atoms with van der Waals surface area (Å²) < 4.78 is 10.1. The summed E-state index contributed by atoms with van der Waals surface area (Å²) in [6, 6.07) is 15.9. The Labute approximate surface area is 194 Å². The summed E-state index contributed by atoms with van der Waals surface area (Å²) in [6.07, 6.45) is 0.549. The molecule has 0 radical (unpaired) electrons. The average molecular weight is 462 g/mol. The molecule has 1 fully saturated rings. The van der Waals surface area contributed by atoms with Crippen molar-refractivity contribution in [1.82, 2.24) is 15.2 Å². The normalized spacial score (nSPS) is 15.6. The highest BCUT2D eigenvalue weighted by Crippen LogP contribution is 2.44. The van der Waals surface area contributed by atoms with Crippen LogP contribution in [0.25, 0.3) is 11.1 Å². The van der Waals surface area contributed by atoms with Crippen molar-refractivity contribution >= 4 is 23.8 Å². The number of hydrogen-bond acceptors (Lipinski definition) is 7. The van der Waals surface area contributed by atoms with Gasteiger partial charge in [0.15, 0.2) is 0 Å². The van der Waals surface area contributed by atoms with E-state index in [4.69, 9.17) is 4.74 Å². The molecular formula is C24H22N4O6. The number of anilines is 1. The van der Waals surface area contributed by atoms with Crippen molar-refractivity contribution in [2.45, 2.75) is 30.7 Å². The minimum absolute atomic E-state index is 0.0798. The van der Waals surface area contributed by atoms with E-state index in [0.717, 1.165) is 27.2 Å². The van der Waals surface area contributed by atoms with Crippen LogP contribution in [0.5, 0.6) is 0 Å². The molecule has 10 heteroatoms. The van der Waals surface area contributed by atoms with Crippen LogP contribution in [0.4, 0.5) is 10.6 Å². The predicted octanol–water partition coefficient (Wildman–Crippen LogP) is 3.51. The number of carboxylic acid groups (broad SMARTS) is 1. The number of ether oxygens (including phenoxy) is 1. The molecule has 0 bridgehead atoms. The molecule has 0 aliphatic heterocycles. The molecule has 34 heavy (non-hydrogen) atoms. The molecule has 1 aromatic heterocycles. The number of fused-ring (bicyclic) bond motifs is 3. The Morgan fingerprint density at radius 2 is 1.71 bits per heavy atom. The minimum Gasteiger partial charge on any atom is -0.479 e. The van der Waals surface area contributed by atoms with E-state index in [-0.39, 0.29) is 24.0 Å². The first kappa shape index (κ1) is 21.6. The molecule has 3 aromatic rings. The van der Waals surface area contributed by atoms with E-state index in [2.05, 4.69) is 20.3 Å². The van der Waals surface area contributed by atoms with E-state index >= 15 is 0 Å². The maximum Gasteiger partial charge on any atom is 0.412 e. The van der Waals surface area contributed by atoms with Gasteiger partial charge in [0.05, 0.1) is 0 Å². The molecule has 2 aliphatic carbocycles. The van der Waals surface area contributed by atoms with Crippen LogP contribution in [-0.4, -0.2) is 57.5 Å². The molecule has 2 N–H and O–H groups in total. The van der Waals surface area contributed by atoms with Gasteiger partial charge in [0.1, 0.15) is 12.1 Å². The van der Waals surface area contributed by atoms with Gasteiger partial charge < -0.3 is 14.7 Å². The number of carbonyl (C=O) groups excluding carboxylic acids is 2. The van der Waals surface area contributed by atoms with Crippen LogP contribution in [-0.2, 0) is 9.53 Å². The molecule has 2 amide bonds. The first-order chi connectivity index (χ1) is 16.4. The summed E-state index contributed by atoms with van der Waals surface area (Å²) in [5.41, 5.74) is 2.76. The lowest BCUT2D eigenvalue weighted by Gasteiger charge is -2.44. The quantitative estimate of drug-likeness (QED) is 0.568. The van der Waals surface area contributed by atoms with Gasteiger partial charge in [-0.1, -0.05) is 48.5 Å². The molecule has 0 saturated heterocycles. The Morgan fingerprint density at radius 1 is 1.09 bits per heavy atom. The molecule has 0 spiro atoms. The molecule has 0 unspecified atom stereocenters. The van der Waals surface area contributed by atoms with Gasteiger partial charge in [-0.2, -0.15) is 0 Å². The number of aliphatic carboxylic acids is 1. The molecule has 1 saturated carbocycles. The monoisotopic (exact) mass is 462 g/mol. The lowest BCUT2D eigenvalue weighted by molar-refractivity contribution is -0.154. The third kappa shape index (κ3) is 3.38. The second-order valence-electron chi connectivity index (χ2n) is 8.47. The van der Waals surface area contributed by atoms with E-state index in [1.807, 2.05) is 48.5 Å². The SMILES string of the molecule is CN(C(=O)c1nonc1NC(=O)OCC1c2ccccc2-c2ccccc21)C1(C(=O)O)CCC1. The Morgan fingerprint density at radius 3 is 2.26 bits per heavy atom. The maximum atomic E-state index is 12.9. The predicted molar refractivity (Wildman–Crippen MR) is 119 cm³/mol. The maximum absolute atomic E-state index is 12.9. The fourth-order valence-electron chi connectivity index (χ4n) is 4.70. The first-order valence-electron chi connectivity index (χ1n) is 10.9. The highest BCUT2D eigenvalue weighted by atomic mass is 16.6. The van der Waals surface area contributed by atoms with Crippen molar-refractivity contribution in [3.63, 3.8) is 0 Å². The molecule has 174 valence electrons. The van der Waals surface area contributed by atoms with Crippen molar-refractivity contribution in [2.24, 2.45) is 0 Å². The Bertz CT molecular complexity index is 1240. The Kier molecular flexibility index (Phi) is 5.27. The number of carboxylic acids is 1. The zero-order chi connectivity index (χ0) is 23.9. The van der Waals surface area contributed by atoms with Gasteiger partial charge in [-0.25, -0.2) is 14.2 Å². The first-order valence-corrected chi connectivity index (χ1v) is 10.9. The Balaban J connectivity index is 1.28. The zero-order valence-corrected chi connectivity index (χ0v) is 18.4. The van der Waals surface area contributed by atoms with E-state index in [1.165, 1.54) is 7.05 Å². The lowest BCUT2D eigenvalue weighted by Crippen LogP contribution is -2.59. The number of benzene rings is 2. The molecule has 1 heterocycles. The van der Waals surface area contributed by atoms with Gasteiger partial charge in [0.25, 0.3) is 5.91 Å². The van der Waals surface area contributed by atoms with Crippen LogP contribution in [0.15, 0.2) is 53.2 Å². The summed E-state index contributed by atoms with van der Waals surface area (Å²) in [6.45, 7) is 0.0798. The number of amides is 2. The second kappa shape index (κ2) is 8.29. The van der Waals surface area contributed by atoms with E-state index < -0.39 is 23.5 Å². The average Bonchev–Trinajstić information content (AvgIpc) is 3.38. The van der Waals surface area contributed by atoms with Crippen LogP contribution in [0, 0.1) is 0 Å². The highest BCUT2D eigenvalue weighted by Gasteiger charge is 2.50. The molecule has 2 aliphatic rings. The second-order valence-corrected chi connectivity index (χ2v) is 8.47.